The van der Waals surface area contributed by atoms with Gasteiger partial charge < -0.3 is 0 Å². The molecule has 0 heterocycles. The van der Waals surface area contributed by atoms with Gasteiger partial charge in [-0.2, -0.15) is 0 Å². The van der Waals surface area contributed by atoms with Crippen molar-refractivity contribution in [1.29, 1.82) is 0 Å². The summed E-state index contributed by atoms with van der Waals surface area (Å²) in [6.45, 7) is 1.55. The Bertz CT molecular complexity index is 850. The Kier molecular flexibility index (Phi) is 4.33. The Morgan fingerprint density at radius 3 is 2.17 bits per heavy atom. The average molecular weight is 302 g/mol. The maximum atomic E-state index is 12.4. The van der Waals surface area contributed by atoms with Gasteiger partial charge in [-0.25, -0.2) is 0 Å². The lowest BCUT2D eigenvalue weighted by Gasteiger charge is -2.14. The molecular weight excluding hydrogens is 284 g/mol. The Morgan fingerprint density at radius 1 is 0.826 bits per heavy atom. The highest BCUT2D eigenvalue weighted by molar-refractivity contribution is 6.00. The molecule has 3 aromatic rings. The van der Waals surface area contributed by atoms with Crippen LogP contribution in [0.4, 0.5) is 0 Å². The fourth-order valence-corrected chi connectivity index (χ4v) is 2.85. The van der Waals surface area contributed by atoms with E-state index >= 15 is 0 Å². The summed E-state index contributed by atoms with van der Waals surface area (Å²) in [6, 6.07) is 23.1. The van der Waals surface area contributed by atoms with Crippen LogP contribution in [-0.4, -0.2) is 11.6 Å². The molecule has 1 atom stereocenters. The van der Waals surface area contributed by atoms with Crippen LogP contribution in [0.25, 0.3) is 10.8 Å². The van der Waals surface area contributed by atoms with Crippen LogP contribution in [0.3, 0.4) is 0 Å². The van der Waals surface area contributed by atoms with Gasteiger partial charge in [-0.15, -0.1) is 0 Å². The van der Waals surface area contributed by atoms with Gasteiger partial charge in [-0.3, -0.25) is 9.59 Å². The van der Waals surface area contributed by atoms with Crippen molar-refractivity contribution in [3.05, 3.63) is 83.9 Å². The Hall–Kier alpha value is -2.74. The minimum absolute atomic E-state index is 0.000964. The van der Waals surface area contributed by atoms with Gasteiger partial charge in [0.25, 0.3) is 0 Å². The van der Waals surface area contributed by atoms with Gasteiger partial charge in [0.1, 0.15) is 5.78 Å². The molecule has 0 saturated heterocycles. The lowest BCUT2D eigenvalue weighted by Crippen LogP contribution is -2.14. The predicted molar refractivity (Wildman–Crippen MR) is 92.8 cm³/mol. The zero-order valence-corrected chi connectivity index (χ0v) is 13.0. The highest BCUT2D eigenvalue weighted by atomic mass is 16.1. The minimum atomic E-state index is -0.396. The third kappa shape index (κ3) is 3.37. The van der Waals surface area contributed by atoms with Crippen LogP contribution >= 0.6 is 0 Å². The molecule has 0 bridgehead atoms. The summed E-state index contributed by atoms with van der Waals surface area (Å²) in [4.78, 5) is 24.5. The number of rotatable bonds is 5. The molecule has 0 amide bonds. The first-order valence-electron chi connectivity index (χ1n) is 7.72. The number of carbonyl (C=O) groups is 2. The molecular formula is C21H18O2. The zero-order chi connectivity index (χ0) is 16.2. The second-order valence-electron chi connectivity index (χ2n) is 5.76. The molecule has 0 unspecified atom stereocenters. The van der Waals surface area contributed by atoms with Crippen LogP contribution < -0.4 is 0 Å². The van der Waals surface area contributed by atoms with Crippen molar-refractivity contribution in [3.63, 3.8) is 0 Å². The second kappa shape index (κ2) is 6.57. The lowest BCUT2D eigenvalue weighted by molar-refractivity contribution is -0.118. The number of carbonyl (C=O) groups excluding carboxylic acids is 2. The number of ketones is 2. The first-order valence-corrected chi connectivity index (χ1v) is 7.72. The quantitative estimate of drug-likeness (QED) is 0.635. The van der Waals surface area contributed by atoms with Crippen LogP contribution in [0.2, 0.25) is 0 Å². The first kappa shape index (κ1) is 15.2. The van der Waals surface area contributed by atoms with Crippen LogP contribution in [0.15, 0.2) is 72.8 Å². The number of hydrogen-bond acceptors (Lipinski definition) is 2. The Morgan fingerprint density at radius 2 is 1.48 bits per heavy atom. The van der Waals surface area contributed by atoms with Gasteiger partial charge >= 0.3 is 0 Å². The molecule has 2 heteroatoms. The average Bonchev–Trinajstić information content (AvgIpc) is 2.59. The Balaban J connectivity index is 1.91. The van der Waals surface area contributed by atoms with Gasteiger partial charge in [0.05, 0.1) is 0 Å². The summed E-state index contributed by atoms with van der Waals surface area (Å²) >= 11 is 0. The summed E-state index contributed by atoms with van der Waals surface area (Å²) in [6.07, 6.45) is 0.206. The van der Waals surface area contributed by atoms with E-state index in [0.717, 1.165) is 16.3 Å². The molecule has 0 aliphatic heterocycles. The van der Waals surface area contributed by atoms with E-state index in [1.165, 1.54) is 0 Å². The first-order chi connectivity index (χ1) is 11.1. The molecule has 23 heavy (non-hydrogen) atoms. The van der Waals surface area contributed by atoms with Crippen molar-refractivity contribution in [3.8, 4) is 0 Å². The number of benzene rings is 3. The summed E-state index contributed by atoms with van der Waals surface area (Å²) in [7, 11) is 0. The van der Waals surface area contributed by atoms with Crippen molar-refractivity contribution in [2.45, 2.75) is 19.3 Å². The molecule has 0 radical (unpaired) electrons. The molecule has 0 N–H and O–H groups in total. The summed E-state index contributed by atoms with van der Waals surface area (Å²) in [5.74, 6) is -0.379. The van der Waals surface area contributed by atoms with E-state index in [-0.39, 0.29) is 18.0 Å². The molecule has 3 aromatic carbocycles. The van der Waals surface area contributed by atoms with E-state index in [4.69, 9.17) is 0 Å². The summed E-state index contributed by atoms with van der Waals surface area (Å²) < 4.78 is 0. The van der Waals surface area contributed by atoms with Crippen LogP contribution in [0.5, 0.6) is 0 Å². The lowest BCUT2D eigenvalue weighted by atomic mass is 9.87. The fourth-order valence-electron chi connectivity index (χ4n) is 2.85. The highest BCUT2D eigenvalue weighted by Crippen LogP contribution is 2.26. The molecule has 0 aliphatic rings. The fraction of sp³-hybridized carbons (Fsp3) is 0.143. The summed E-state index contributed by atoms with van der Waals surface area (Å²) in [5.41, 5.74) is 1.56. The van der Waals surface area contributed by atoms with Crippen LogP contribution in [0.1, 0.15) is 35.2 Å². The van der Waals surface area contributed by atoms with E-state index < -0.39 is 5.92 Å². The SMILES string of the molecule is CC(=O)[C@@H](CC(=O)c1ccccc1)c1ccc2ccccc2c1. The predicted octanol–water partition coefficient (Wildman–Crippen LogP) is 4.79. The molecule has 0 spiro atoms. The minimum Gasteiger partial charge on any atom is -0.299 e. The third-order valence-electron chi connectivity index (χ3n) is 4.15. The molecule has 2 nitrogen and oxygen atoms in total. The molecule has 0 saturated carbocycles. The van der Waals surface area contributed by atoms with Crippen LogP contribution in [-0.2, 0) is 4.79 Å². The Labute approximate surface area is 135 Å². The van der Waals surface area contributed by atoms with Crippen LogP contribution in [0, 0.1) is 0 Å². The number of hydrogen-bond donors (Lipinski definition) is 0. The van der Waals surface area contributed by atoms with Crippen molar-refractivity contribution in [2.75, 3.05) is 0 Å². The van der Waals surface area contributed by atoms with Gasteiger partial charge in [0, 0.05) is 17.9 Å². The van der Waals surface area contributed by atoms with Gasteiger partial charge in [-0.05, 0) is 23.3 Å². The molecule has 0 aromatic heterocycles. The highest BCUT2D eigenvalue weighted by Gasteiger charge is 2.21. The maximum Gasteiger partial charge on any atom is 0.163 e. The van der Waals surface area contributed by atoms with Gasteiger partial charge in [0.2, 0.25) is 0 Å². The molecule has 3 rings (SSSR count). The van der Waals surface area contributed by atoms with Gasteiger partial charge in [-0.1, -0.05) is 72.8 Å². The topological polar surface area (TPSA) is 34.1 Å². The normalized spacial score (nSPS) is 12.0. The van der Waals surface area contributed by atoms with Crippen molar-refractivity contribution in [2.24, 2.45) is 0 Å². The molecule has 0 fully saturated rings. The standard InChI is InChI=1S/C21H18O2/c1-15(22)20(14-21(23)17-8-3-2-4-9-17)19-12-11-16-7-5-6-10-18(16)13-19/h2-13,20H,14H2,1H3/t20-/m1/s1. The smallest absolute Gasteiger partial charge is 0.163 e. The van der Waals surface area contributed by atoms with Gasteiger partial charge in [0.15, 0.2) is 5.78 Å². The number of Topliss-reactive ketones (excluding diaryl/α,β-unsaturated/α-hetero) is 2. The third-order valence-corrected chi connectivity index (χ3v) is 4.15. The van der Waals surface area contributed by atoms with E-state index in [0.29, 0.717) is 5.56 Å². The van der Waals surface area contributed by atoms with E-state index in [2.05, 4.69) is 0 Å². The number of fused-ring (bicyclic) bond motifs is 1. The maximum absolute atomic E-state index is 12.4. The second-order valence-corrected chi connectivity index (χ2v) is 5.76. The largest absolute Gasteiger partial charge is 0.299 e. The zero-order valence-electron chi connectivity index (χ0n) is 13.0. The van der Waals surface area contributed by atoms with E-state index in [9.17, 15) is 9.59 Å². The van der Waals surface area contributed by atoms with Crippen molar-refractivity contribution < 1.29 is 9.59 Å². The monoisotopic (exact) mass is 302 g/mol. The van der Waals surface area contributed by atoms with Crippen molar-refractivity contribution >= 4 is 22.3 Å². The van der Waals surface area contributed by atoms with E-state index in [1.54, 1.807) is 19.1 Å². The molecule has 114 valence electrons. The van der Waals surface area contributed by atoms with Crippen molar-refractivity contribution in [1.82, 2.24) is 0 Å². The summed E-state index contributed by atoms with van der Waals surface area (Å²) in [5, 5.41) is 2.22. The molecule has 0 aliphatic carbocycles. The van der Waals surface area contributed by atoms with E-state index in [1.807, 2.05) is 60.7 Å².